The van der Waals surface area contributed by atoms with E-state index in [0.29, 0.717) is 12.8 Å². The van der Waals surface area contributed by atoms with Crippen molar-refractivity contribution in [2.45, 2.75) is 70.2 Å². The zero-order valence-electron chi connectivity index (χ0n) is 15.8. The van der Waals surface area contributed by atoms with E-state index in [-0.39, 0.29) is 12.4 Å². The third-order valence-corrected chi connectivity index (χ3v) is 4.37. The zero-order valence-corrected chi connectivity index (χ0v) is 15.8. The van der Waals surface area contributed by atoms with Crippen molar-refractivity contribution in [3.8, 4) is 0 Å². The van der Waals surface area contributed by atoms with Crippen LogP contribution in [0.3, 0.4) is 0 Å². The fourth-order valence-corrected chi connectivity index (χ4v) is 2.69. The Bertz CT molecular complexity index is 555. The number of ether oxygens (including phenoxy) is 1. The van der Waals surface area contributed by atoms with E-state index in [0.717, 1.165) is 36.8 Å². The number of carbonyl (C=O) groups is 1. The Morgan fingerprint density at radius 1 is 1.15 bits per heavy atom. The van der Waals surface area contributed by atoms with Crippen LogP contribution in [0, 0.1) is 0 Å². The molecule has 5 nitrogen and oxygen atoms in total. The van der Waals surface area contributed by atoms with Crippen LogP contribution in [0.4, 0.5) is 0 Å². The van der Waals surface area contributed by atoms with Gasteiger partial charge >= 0.3 is 5.97 Å². The predicted molar refractivity (Wildman–Crippen MR) is 102 cm³/mol. The second-order valence-corrected chi connectivity index (χ2v) is 6.57. The van der Waals surface area contributed by atoms with Crippen LogP contribution < -0.4 is 0 Å². The van der Waals surface area contributed by atoms with E-state index < -0.39 is 18.3 Å². The molecule has 0 saturated carbocycles. The van der Waals surface area contributed by atoms with E-state index >= 15 is 0 Å². The van der Waals surface area contributed by atoms with Gasteiger partial charge in [-0.05, 0) is 36.5 Å². The molecule has 0 amide bonds. The molecule has 0 bridgehead atoms. The van der Waals surface area contributed by atoms with Gasteiger partial charge in [0.25, 0.3) is 0 Å². The van der Waals surface area contributed by atoms with Crippen molar-refractivity contribution in [2.24, 2.45) is 0 Å². The number of methoxy groups -OCH3 is 1. The average molecular weight is 364 g/mol. The smallest absolute Gasteiger partial charge is 0.305 e. The number of benzene rings is 1. The fraction of sp³-hybridized carbons (Fsp3) is 0.571. The zero-order chi connectivity index (χ0) is 19.4. The molecule has 0 fully saturated rings. The Morgan fingerprint density at radius 2 is 1.92 bits per heavy atom. The lowest BCUT2D eigenvalue weighted by Gasteiger charge is -2.14. The predicted octanol–water partition coefficient (Wildman–Crippen LogP) is 3.38. The van der Waals surface area contributed by atoms with Gasteiger partial charge in [-0.15, -0.1) is 0 Å². The Labute approximate surface area is 156 Å². The number of rotatable bonds is 12. The quantitative estimate of drug-likeness (QED) is 0.391. The molecule has 0 unspecified atom stereocenters. The maximum absolute atomic E-state index is 11.0. The molecule has 26 heavy (non-hydrogen) atoms. The van der Waals surface area contributed by atoms with Crippen LogP contribution in [0.2, 0.25) is 0 Å². The van der Waals surface area contributed by atoms with Gasteiger partial charge in [-0.3, -0.25) is 4.79 Å². The Morgan fingerprint density at radius 3 is 2.62 bits per heavy atom. The maximum atomic E-state index is 11.0. The van der Waals surface area contributed by atoms with Crippen LogP contribution >= 0.6 is 0 Å². The molecule has 1 rings (SSSR count). The fourth-order valence-electron chi connectivity index (χ4n) is 2.69. The summed E-state index contributed by atoms with van der Waals surface area (Å²) < 4.78 is 4.54. The minimum Gasteiger partial charge on any atom is -0.469 e. The van der Waals surface area contributed by atoms with Crippen molar-refractivity contribution < 1.29 is 24.9 Å². The highest BCUT2D eigenvalue weighted by Gasteiger charge is 2.14. The lowest BCUT2D eigenvalue weighted by molar-refractivity contribution is -0.140. The van der Waals surface area contributed by atoms with Crippen LogP contribution in [-0.4, -0.2) is 40.6 Å². The summed E-state index contributed by atoms with van der Waals surface area (Å²) in [6.07, 6.45) is 5.80. The van der Waals surface area contributed by atoms with E-state index in [1.165, 1.54) is 13.2 Å². The number of esters is 1. The van der Waals surface area contributed by atoms with Crippen LogP contribution in [0.1, 0.15) is 69.1 Å². The summed E-state index contributed by atoms with van der Waals surface area (Å²) in [7, 11) is 1.32. The molecule has 146 valence electrons. The van der Waals surface area contributed by atoms with Crippen LogP contribution in [0.5, 0.6) is 0 Å². The van der Waals surface area contributed by atoms with Gasteiger partial charge in [0.15, 0.2) is 0 Å². The van der Waals surface area contributed by atoms with Crippen LogP contribution in [0.25, 0.3) is 6.08 Å². The van der Waals surface area contributed by atoms with Crippen molar-refractivity contribution in [1.82, 2.24) is 0 Å². The molecule has 0 aliphatic rings. The Kier molecular flexibility index (Phi) is 10.9. The SMILES string of the molecule is CCCCC[C@@H](O)c1cccc(/C=C/[C@@H](O)[C@@H](O)CCCC(=O)OC)c1. The first-order valence-corrected chi connectivity index (χ1v) is 9.37. The van der Waals surface area contributed by atoms with Gasteiger partial charge in [0.1, 0.15) is 0 Å². The number of unbranched alkanes of at least 4 members (excludes halogenated alkanes) is 2. The average Bonchev–Trinajstić information content (AvgIpc) is 2.66. The highest BCUT2D eigenvalue weighted by atomic mass is 16.5. The normalized spacial score (nSPS) is 15.0. The molecule has 0 heterocycles. The highest BCUT2D eigenvalue weighted by molar-refractivity contribution is 5.69. The minimum atomic E-state index is -1.01. The van der Waals surface area contributed by atoms with Gasteiger partial charge < -0.3 is 20.1 Å². The number of aliphatic hydroxyl groups is 3. The Hall–Kier alpha value is -1.69. The van der Waals surface area contributed by atoms with E-state index in [2.05, 4.69) is 11.7 Å². The molecule has 0 aliphatic heterocycles. The van der Waals surface area contributed by atoms with Crippen molar-refractivity contribution in [2.75, 3.05) is 7.11 Å². The second-order valence-electron chi connectivity index (χ2n) is 6.57. The van der Waals surface area contributed by atoms with E-state index in [1.54, 1.807) is 6.08 Å². The summed E-state index contributed by atoms with van der Waals surface area (Å²) in [5.74, 6) is -0.323. The molecular weight excluding hydrogens is 332 g/mol. The third kappa shape index (κ3) is 8.61. The van der Waals surface area contributed by atoms with Gasteiger partial charge in [-0.1, -0.05) is 56.5 Å². The Balaban J connectivity index is 2.53. The van der Waals surface area contributed by atoms with Gasteiger partial charge in [-0.2, -0.15) is 0 Å². The molecule has 0 spiro atoms. The van der Waals surface area contributed by atoms with Crippen molar-refractivity contribution >= 4 is 12.0 Å². The number of hydrogen-bond donors (Lipinski definition) is 3. The molecule has 0 aliphatic carbocycles. The van der Waals surface area contributed by atoms with E-state index in [1.807, 2.05) is 24.3 Å². The third-order valence-electron chi connectivity index (χ3n) is 4.37. The highest BCUT2D eigenvalue weighted by Crippen LogP contribution is 2.21. The maximum Gasteiger partial charge on any atom is 0.305 e. The molecule has 0 saturated heterocycles. The lowest BCUT2D eigenvalue weighted by Crippen LogP contribution is -2.23. The summed E-state index contributed by atoms with van der Waals surface area (Å²) in [4.78, 5) is 11.0. The van der Waals surface area contributed by atoms with Crippen LogP contribution in [-0.2, 0) is 9.53 Å². The molecule has 3 atom stereocenters. The minimum absolute atomic E-state index is 0.224. The summed E-state index contributed by atoms with van der Waals surface area (Å²) >= 11 is 0. The topological polar surface area (TPSA) is 87.0 Å². The number of aliphatic hydroxyl groups excluding tert-OH is 3. The largest absolute Gasteiger partial charge is 0.469 e. The lowest BCUT2D eigenvalue weighted by atomic mass is 10.0. The first kappa shape index (κ1) is 22.4. The molecular formula is C21H32O5. The second kappa shape index (κ2) is 12.6. The van der Waals surface area contributed by atoms with Gasteiger partial charge in [0.2, 0.25) is 0 Å². The summed E-state index contributed by atoms with van der Waals surface area (Å²) in [5, 5.41) is 30.2. The summed E-state index contributed by atoms with van der Waals surface area (Å²) in [6.45, 7) is 2.13. The van der Waals surface area contributed by atoms with Gasteiger partial charge in [-0.25, -0.2) is 0 Å². The number of carbonyl (C=O) groups excluding carboxylic acids is 1. The summed E-state index contributed by atoms with van der Waals surface area (Å²) in [5.41, 5.74) is 1.72. The molecule has 0 aromatic heterocycles. The summed E-state index contributed by atoms with van der Waals surface area (Å²) in [6, 6.07) is 7.54. The van der Waals surface area contributed by atoms with Crippen molar-refractivity contribution in [3.63, 3.8) is 0 Å². The van der Waals surface area contributed by atoms with Crippen molar-refractivity contribution in [3.05, 3.63) is 41.5 Å². The van der Waals surface area contributed by atoms with Gasteiger partial charge in [0, 0.05) is 6.42 Å². The first-order valence-electron chi connectivity index (χ1n) is 9.37. The number of hydrogen-bond acceptors (Lipinski definition) is 5. The van der Waals surface area contributed by atoms with Crippen LogP contribution in [0.15, 0.2) is 30.3 Å². The molecule has 5 heteroatoms. The van der Waals surface area contributed by atoms with Gasteiger partial charge in [0.05, 0.1) is 25.4 Å². The first-order chi connectivity index (χ1) is 12.5. The molecule has 0 radical (unpaired) electrons. The van der Waals surface area contributed by atoms with E-state index in [9.17, 15) is 20.1 Å². The molecule has 3 N–H and O–H groups in total. The monoisotopic (exact) mass is 364 g/mol. The standard InChI is InChI=1S/C21H32O5/c1-3-4-5-10-18(22)17-9-6-8-16(15-17)13-14-20(24)19(23)11-7-12-21(25)26-2/h6,8-9,13-15,18-20,22-24H,3-5,7,10-12H2,1-2H3/b14-13+/t18-,19+,20-/m1/s1. The molecule has 1 aromatic rings. The van der Waals surface area contributed by atoms with E-state index in [4.69, 9.17) is 0 Å². The van der Waals surface area contributed by atoms with Crippen molar-refractivity contribution in [1.29, 1.82) is 0 Å². The molecule has 1 aromatic carbocycles.